The molecule has 0 spiro atoms. The van der Waals surface area contributed by atoms with E-state index in [4.69, 9.17) is 14.2 Å². The molecule has 0 amide bonds. The first-order valence-corrected chi connectivity index (χ1v) is 9.64. The van der Waals surface area contributed by atoms with Gasteiger partial charge in [-0.05, 0) is 33.6 Å². The van der Waals surface area contributed by atoms with Gasteiger partial charge in [-0.3, -0.25) is 14.4 Å². The Kier molecular flexibility index (Phi) is 4.60. The molecule has 2 heterocycles. The molecule has 4 bridgehead atoms. The van der Waals surface area contributed by atoms with E-state index in [-0.39, 0.29) is 23.8 Å². The topological polar surface area (TPSA) is 78.9 Å². The van der Waals surface area contributed by atoms with E-state index in [1.807, 2.05) is 34.6 Å². The molecule has 2 saturated heterocycles. The highest BCUT2D eigenvalue weighted by atomic mass is 16.6. The van der Waals surface area contributed by atoms with Gasteiger partial charge in [0.05, 0.1) is 17.3 Å². The Hall–Kier alpha value is -1.59. The summed E-state index contributed by atoms with van der Waals surface area (Å²) in [6.07, 6.45) is 2.49. The van der Waals surface area contributed by atoms with Crippen molar-refractivity contribution in [2.24, 2.45) is 17.3 Å². The van der Waals surface area contributed by atoms with E-state index in [1.54, 1.807) is 0 Å². The summed E-state index contributed by atoms with van der Waals surface area (Å²) in [6.45, 7) is 9.27. The van der Waals surface area contributed by atoms with Crippen molar-refractivity contribution in [1.29, 1.82) is 0 Å². The number of carbonyl (C=O) groups excluding carboxylic acids is 3. The highest BCUT2D eigenvalue weighted by Gasteiger charge is 2.64. The van der Waals surface area contributed by atoms with Crippen LogP contribution in [-0.4, -0.2) is 35.2 Å². The first kappa shape index (κ1) is 19.2. The maximum absolute atomic E-state index is 13.1. The second kappa shape index (κ2) is 6.24. The molecule has 0 aromatic carbocycles. The van der Waals surface area contributed by atoms with Gasteiger partial charge in [-0.2, -0.15) is 0 Å². The summed E-state index contributed by atoms with van der Waals surface area (Å²) in [7, 11) is 0. The minimum atomic E-state index is -0.818. The molecule has 4 aliphatic rings. The molecule has 6 nitrogen and oxygen atoms in total. The lowest BCUT2D eigenvalue weighted by Gasteiger charge is -2.51. The maximum atomic E-state index is 13.1. The Balaban J connectivity index is 1.92. The van der Waals surface area contributed by atoms with Crippen LogP contribution in [0.5, 0.6) is 0 Å². The number of fused-ring (bicyclic) bond motifs is 1. The van der Waals surface area contributed by atoms with Gasteiger partial charge >= 0.3 is 17.9 Å². The van der Waals surface area contributed by atoms with Crippen molar-refractivity contribution in [3.8, 4) is 0 Å². The van der Waals surface area contributed by atoms with E-state index in [1.165, 1.54) is 0 Å². The van der Waals surface area contributed by atoms with Crippen LogP contribution in [0.3, 0.4) is 0 Å². The first-order valence-electron chi connectivity index (χ1n) is 9.64. The average molecular weight is 366 g/mol. The Labute approximate surface area is 154 Å². The van der Waals surface area contributed by atoms with Gasteiger partial charge < -0.3 is 14.2 Å². The summed E-state index contributed by atoms with van der Waals surface area (Å²) in [5, 5.41) is 0. The molecule has 0 radical (unpaired) electrons. The van der Waals surface area contributed by atoms with Crippen LogP contribution in [0.15, 0.2) is 0 Å². The molecule has 4 fully saturated rings. The van der Waals surface area contributed by atoms with Gasteiger partial charge in [-0.25, -0.2) is 0 Å². The molecule has 4 rings (SSSR count). The highest BCUT2D eigenvalue weighted by molar-refractivity contribution is 5.82. The third-order valence-electron chi connectivity index (χ3n) is 5.91. The Morgan fingerprint density at radius 2 is 1.92 bits per heavy atom. The molecule has 0 N–H and O–H groups in total. The van der Waals surface area contributed by atoms with Crippen molar-refractivity contribution in [2.75, 3.05) is 0 Å². The Morgan fingerprint density at radius 3 is 2.54 bits per heavy atom. The van der Waals surface area contributed by atoms with Crippen molar-refractivity contribution >= 4 is 17.9 Å². The average Bonchev–Trinajstić information content (AvgIpc) is 2.65. The minimum absolute atomic E-state index is 0.210. The van der Waals surface area contributed by atoms with Gasteiger partial charge in [0.2, 0.25) is 0 Å². The summed E-state index contributed by atoms with van der Waals surface area (Å²) in [5.74, 6) is -1.48. The molecular formula is C20H30O6. The second-order valence-electron chi connectivity index (χ2n) is 9.44. The molecule has 2 aliphatic carbocycles. The minimum Gasteiger partial charge on any atom is -0.462 e. The van der Waals surface area contributed by atoms with E-state index in [0.717, 1.165) is 0 Å². The number of rotatable bonds is 4. The molecule has 2 saturated carbocycles. The smallest absolute Gasteiger partial charge is 0.312 e. The lowest BCUT2D eigenvalue weighted by molar-refractivity contribution is -0.202. The summed E-state index contributed by atoms with van der Waals surface area (Å²) in [6, 6.07) is 0. The van der Waals surface area contributed by atoms with Crippen LogP contribution in [0.1, 0.15) is 73.1 Å². The normalized spacial score (nSPS) is 36.9. The molecule has 0 aromatic rings. The van der Waals surface area contributed by atoms with E-state index < -0.39 is 28.6 Å². The van der Waals surface area contributed by atoms with Crippen molar-refractivity contribution in [3.63, 3.8) is 0 Å². The van der Waals surface area contributed by atoms with Crippen LogP contribution >= 0.6 is 0 Å². The maximum Gasteiger partial charge on any atom is 0.312 e. The van der Waals surface area contributed by atoms with Crippen molar-refractivity contribution in [3.05, 3.63) is 0 Å². The molecular weight excluding hydrogens is 336 g/mol. The number of carbonyl (C=O) groups is 3. The van der Waals surface area contributed by atoms with Crippen LogP contribution in [0.4, 0.5) is 0 Å². The lowest BCUT2D eigenvalue weighted by Crippen LogP contribution is -2.57. The number of esters is 3. The fourth-order valence-electron chi connectivity index (χ4n) is 4.72. The third-order valence-corrected chi connectivity index (χ3v) is 5.91. The third kappa shape index (κ3) is 3.47. The van der Waals surface area contributed by atoms with Crippen LogP contribution in [0.25, 0.3) is 0 Å². The Morgan fingerprint density at radius 1 is 1.23 bits per heavy atom. The highest BCUT2D eigenvalue weighted by Crippen LogP contribution is 2.58. The van der Waals surface area contributed by atoms with Crippen molar-refractivity contribution in [1.82, 2.24) is 0 Å². The van der Waals surface area contributed by atoms with Gasteiger partial charge in [0.25, 0.3) is 0 Å². The standard InChI is InChI=1S/C20H30O6/c1-6-12(2)15(21)25-20-8-13-7-19(11-20,17(23)26-18(3,4)5)9-14(10-20)24-16(13)22/h12-14H,6-11H2,1-5H3. The molecule has 5 unspecified atom stereocenters. The second-order valence-corrected chi connectivity index (χ2v) is 9.44. The van der Waals surface area contributed by atoms with Crippen LogP contribution in [0.2, 0.25) is 0 Å². The first-order chi connectivity index (χ1) is 12.0. The van der Waals surface area contributed by atoms with Gasteiger partial charge in [0.15, 0.2) is 0 Å². The SMILES string of the molecule is CCC(C)C(=O)OC12CC3CC(C(=O)OC(C)(C)C)(CC(C1)C(=O)O3)C2. The van der Waals surface area contributed by atoms with E-state index in [2.05, 4.69) is 0 Å². The van der Waals surface area contributed by atoms with Crippen LogP contribution in [-0.2, 0) is 28.6 Å². The molecule has 0 aromatic heterocycles. The molecule has 6 heteroatoms. The Bertz CT molecular complexity index is 620. The predicted octanol–water partition coefficient (Wildman–Crippen LogP) is 3.16. The summed E-state index contributed by atoms with van der Waals surface area (Å²) in [5.41, 5.74) is -2.24. The number of hydrogen-bond acceptors (Lipinski definition) is 6. The summed E-state index contributed by atoms with van der Waals surface area (Å²) < 4.78 is 17.2. The quantitative estimate of drug-likeness (QED) is 0.562. The number of ether oxygens (including phenoxy) is 3. The van der Waals surface area contributed by atoms with Gasteiger partial charge in [0.1, 0.15) is 17.3 Å². The largest absolute Gasteiger partial charge is 0.462 e. The van der Waals surface area contributed by atoms with Crippen molar-refractivity contribution < 1.29 is 28.6 Å². The van der Waals surface area contributed by atoms with E-state index >= 15 is 0 Å². The molecule has 2 aliphatic heterocycles. The molecule has 5 atom stereocenters. The van der Waals surface area contributed by atoms with E-state index in [9.17, 15) is 14.4 Å². The zero-order chi connectivity index (χ0) is 19.3. The fraction of sp³-hybridized carbons (Fsp3) is 0.850. The fourth-order valence-corrected chi connectivity index (χ4v) is 4.72. The molecule has 146 valence electrons. The molecule has 26 heavy (non-hydrogen) atoms. The lowest BCUT2D eigenvalue weighted by atomic mass is 9.56. The van der Waals surface area contributed by atoms with Gasteiger partial charge in [-0.15, -0.1) is 0 Å². The van der Waals surface area contributed by atoms with Gasteiger partial charge in [-0.1, -0.05) is 13.8 Å². The number of hydrogen-bond donors (Lipinski definition) is 0. The monoisotopic (exact) mass is 366 g/mol. The summed E-state index contributed by atoms with van der Waals surface area (Å²) in [4.78, 5) is 38.0. The predicted molar refractivity (Wildman–Crippen MR) is 93.0 cm³/mol. The zero-order valence-corrected chi connectivity index (χ0v) is 16.4. The van der Waals surface area contributed by atoms with E-state index in [0.29, 0.717) is 38.5 Å². The van der Waals surface area contributed by atoms with Crippen molar-refractivity contribution in [2.45, 2.75) is 90.4 Å². The van der Waals surface area contributed by atoms with Crippen LogP contribution < -0.4 is 0 Å². The van der Waals surface area contributed by atoms with Gasteiger partial charge in [0, 0.05) is 25.7 Å². The summed E-state index contributed by atoms with van der Waals surface area (Å²) >= 11 is 0. The zero-order valence-electron chi connectivity index (χ0n) is 16.4. The van der Waals surface area contributed by atoms with Crippen LogP contribution in [0, 0.1) is 17.3 Å².